The molecule has 0 aliphatic heterocycles. The largest absolute Gasteiger partial charge is 0.315 e. The average Bonchev–Trinajstić information content (AvgIpc) is 3.09. The van der Waals surface area contributed by atoms with Gasteiger partial charge in [-0.2, -0.15) is 0 Å². The Bertz CT molecular complexity index is 1320. The fourth-order valence-corrected chi connectivity index (χ4v) is 3.60. The van der Waals surface area contributed by atoms with Gasteiger partial charge in [0, 0.05) is 33.8 Å². The van der Waals surface area contributed by atoms with Crippen molar-refractivity contribution >= 4 is 27.5 Å². The third-order valence-electron chi connectivity index (χ3n) is 4.87. The van der Waals surface area contributed by atoms with Crippen LogP contribution in [0.15, 0.2) is 103 Å². The number of para-hydroxylation sites is 3. The van der Waals surface area contributed by atoms with E-state index in [0.717, 1.165) is 11.3 Å². The van der Waals surface area contributed by atoms with E-state index in [9.17, 15) is 0 Å². The molecule has 2 nitrogen and oxygen atoms in total. The minimum atomic E-state index is 0.992. The molecule has 28 heavy (non-hydrogen) atoms. The lowest BCUT2D eigenvalue weighted by molar-refractivity contribution is 1.18. The zero-order valence-electron chi connectivity index (χ0n) is 15.3. The van der Waals surface area contributed by atoms with E-state index in [1.54, 1.807) is 0 Å². The van der Waals surface area contributed by atoms with Crippen molar-refractivity contribution in [3.05, 3.63) is 109 Å². The Hall–Kier alpha value is -3.96. The molecule has 0 fully saturated rings. The monoisotopic (exact) mass is 358 g/mol. The van der Waals surface area contributed by atoms with Gasteiger partial charge in [-0.3, -0.25) is 0 Å². The molecule has 0 aliphatic rings. The maximum atomic E-state index is 3.23. The van der Waals surface area contributed by atoms with Gasteiger partial charge in [-0.15, -0.1) is 0 Å². The standard InChI is InChI=1S/C26H18N2/c1-3-9-21(10-4-1)27-18-17-20-15-16-26-24(19-20)23-13-7-8-14-25(23)28(26)22-11-5-2-6-12-22/h1-16,19,27H. The third kappa shape index (κ3) is 2.90. The Morgan fingerprint density at radius 3 is 2.11 bits per heavy atom. The Morgan fingerprint density at radius 1 is 0.607 bits per heavy atom. The Morgan fingerprint density at radius 2 is 1.29 bits per heavy atom. The molecule has 0 bridgehead atoms. The highest BCUT2D eigenvalue weighted by atomic mass is 15.0. The van der Waals surface area contributed by atoms with Crippen LogP contribution in [0.5, 0.6) is 0 Å². The summed E-state index contributed by atoms with van der Waals surface area (Å²) in [4.78, 5) is 0. The van der Waals surface area contributed by atoms with Gasteiger partial charge < -0.3 is 9.88 Å². The number of nitrogens with zero attached hydrogens (tertiary/aromatic N) is 1. The van der Waals surface area contributed by atoms with Crippen LogP contribution in [-0.2, 0) is 0 Å². The first kappa shape index (κ1) is 16.2. The molecule has 5 aromatic rings. The SMILES string of the molecule is C(#Cc1ccc2c(c1)c1ccccc1n2-c1ccccc1)Nc1ccccc1. The summed E-state index contributed by atoms with van der Waals surface area (Å²) in [6.45, 7) is 0. The minimum Gasteiger partial charge on any atom is -0.315 e. The Labute approximate surface area is 164 Å². The summed E-state index contributed by atoms with van der Waals surface area (Å²) in [5.74, 6) is 3.23. The van der Waals surface area contributed by atoms with Crippen LogP contribution in [0, 0.1) is 12.0 Å². The maximum Gasteiger partial charge on any atom is 0.0541 e. The van der Waals surface area contributed by atoms with Crippen molar-refractivity contribution in [2.24, 2.45) is 0 Å². The van der Waals surface area contributed by atoms with E-state index in [-0.39, 0.29) is 0 Å². The molecule has 0 saturated heterocycles. The highest BCUT2D eigenvalue weighted by molar-refractivity contribution is 6.09. The van der Waals surface area contributed by atoms with E-state index in [1.807, 2.05) is 36.4 Å². The van der Waals surface area contributed by atoms with Crippen LogP contribution in [0.2, 0.25) is 0 Å². The van der Waals surface area contributed by atoms with Gasteiger partial charge in [-0.1, -0.05) is 54.6 Å². The van der Waals surface area contributed by atoms with E-state index in [4.69, 9.17) is 0 Å². The summed E-state index contributed by atoms with van der Waals surface area (Å²) >= 11 is 0. The number of hydrogen-bond donors (Lipinski definition) is 1. The fourth-order valence-electron chi connectivity index (χ4n) is 3.60. The topological polar surface area (TPSA) is 17.0 Å². The predicted octanol–water partition coefficient (Wildman–Crippen LogP) is 6.20. The summed E-state index contributed by atoms with van der Waals surface area (Å²) in [6, 6.07) is 38.5. The van der Waals surface area contributed by atoms with Crippen molar-refractivity contribution in [3.63, 3.8) is 0 Å². The summed E-state index contributed by atoms with van der Waals surface area (Å²) in [6.07, 6.45) is 0. The van der Waals surface area contributed by atoms with Crippen LogP contribution in [-0.4, -0.2) is 4.57 Å². The number of aromatic nitrogens is 1. The number of nitrogens with one attached hydrogen (secondary N) is 1. The second-order valence-corrected chi connectivity index (χ2v) is 6.66. The van der Waals surface area contributed by atoms with E-state index >= 15 is 0 Å². The van der Waals surface area contributed by atoms with Gasteiger partial charge in [0.1, 0.15) is 0 Å². The molecular weight excluding hydrogens is 340 g/mol. The highest BCUT2D eigenvalue weighted by Crippen LogP contribution is 2.32. The quantitative estimate of drug-likeness (QED) is 0.293. The van der Waals surface area contributed by atoms with Crippen LogP contribution >= 0.6 is 0 Å². The number of benzene rings is 4. The van der Waals surface area contributed by atoms with Crippen LogP contribution in [0.4, 0.5) is 5.69 Å². The molecule has 1 heterocycles. The highest BCUT2D eigenvalue weighted by Gasteiger charge is 2.11. The molecule has 0 radical (unpaired) electrons. The second-order valence-electron chi connectivity index (χ2n) is 6.66. The number of hydrogen-bond acceptors (Lipinski definition) is 1. The molecule has 0 saturated carbocycles. The van der Waals surface area contributed by atoms with Gasteiger partial charge in [-0.05, 0) is 54.5 Å². The van der Waals surface area contributed by atoms with Gasteiger partial charge in [0.15, 0.2) is 0 Å². The van der Waals surface area contributed by atoms with Crippen LogP contribution < -0.4 is 5.32 Å². The van der Waals surface area contributed by atoms with Crippen molar-refractivity contribution in [2.75, 3.05) is 5.32 Å². The van der Waals surface area contributed by atoms with Crippen LogP contribution in [0.25, 0.3) is 27.5 Å². The lowest BCUT2D eigenvalue weighted by atomic mass is 10.1. The van der Waals surface area contributed by atoms with E-state index in [2.05, 4.69) is 88.6 Å². The molecule has 0 aliphatic carbocycles. The lowest BCUT2D eigenvalue weighted by Crippen LogP contribution is -1.92. The van der Waals surface area contributed by atoms with Crippen molar-refractivity contribution in [3.8, 4) is 17.7 Å². The first-order valence-corrected chi connectivity index (χ1v) is 9.31. The summed E-state index contributed by atoms with van der Waals surface area (Å²) in [5.41, 5.74) is 5.55. The molecule has 0 spiro atoms. The van der Waals surface area contributed by atoms with Crippen molar-refractivity contribution < 1.29 is 0 Å². The van der Waals surface area contributed by atoms with Gasteiger partial charge in [0.05, 0.1) is 11.0 Å². The van der Waals surface area contributed by atoms with E-state index in [1.165, 1.54) is 27.5 Å². The predicted molar refractivity (Wildman–Crippen MR) is 118 cm³/mol. The Balaban J connectivity index is 1.62. The molecule has 1 aromatic heterocycles. The number of fused-ring (bicyclic) bond motifs is 3. The van der Waals surface area contributed by atoms with Crippen LogP contribution in [0.1, 0.15) is 5.56 Å². The summed E-state index contributed by atoms with van der Waals surface area (Å²) in [5, 5.41) is 5.59. The first-order chi connectivity index (χ1) is 13.9. The second kappa shape index (κ2) is 6.98. The first-order valence-electron chi connectivity index (χ1n) is 9.31. The van der Waals surface area contributed by atoms with E-state index in [0.29, 0.717) is 0 Å². The van der Waals surface area contributed by atoms with Gasteiger partial charge in [0.2, 0.25) is 0 Å². The van der Waals surface area contributed by atoms with Crippen molar-refractivity contribution in [1.82, 2.24) is 4.57 Å². The van der Waals surface area contributed by atoms with Gasteiger partial charge in [0.25, 0.3) is 0 Å². The molecular formula is C26H18N2. The summed E-state index contributed by atoms with van der Waals surface area (Å²) < 4.78 is 2.31. The molecule has 2 heteroatoms. The molecule has 0 atom stereocenters. The molecule has 0 amide bonds. The normalized spacial score (nSPS) is 10.6. The lowest BCUT2D eigenvalue weighted by Gasteiger charge is -2.07. The zero-order valence-corrected chi connectivity index (χ0v) is 15.3. The zero-order chi connectivity index (χ0) is 18.8. The van der Waals surface area contributed by atoms with E-state index < -0.39 is 0 Å². The minimum absolute atomic E-state index is 0.992. The number of rotatable bonds is 2. The average molecular weight is 358 g/mol. The van der Waals surface area contributed by atoms with Gasteiger partial charge in [-0.25, -0.2) is 0 Å². The molecule has 5 rings (SSSR count). The molecule has 1 N–H and O–H groups in total. The van der Waals surface area contributed by atoms with Gasteiger partial charge >= 0.3 is 0 Å². The molecule has 132 valence electrons. The van der Waals surface area contributed by atoms with Crippen molar-refractivity contribution in [1.29, 1.82) is 0 Å². The fraction of sp³-hybridized carbons (Fsp3) is 0. The molecule has 4 aromatic carbocycles. The molecule has 0 unspecified atom stereocenters. The maximum absolute atomic E-state index is 3.23. The smallest absolute Gasteiger partial charge is 0.0541 e. The summed E-state index contributed by atoms with van der Waals surface area (Å²) in [7, 11) is 0. The van der Waals surface area contributed by atoms with Crippen LogP contribution in [0.3, 0.4) is 0 Å². The Kier molecular flexibility index (Phi) is 4.05. The van der Waals surface area contributed by atoms with Crippen molar-refractivity contribution in [2.45, 2.75) is 0 Å². The third-order valence-corrected chi connectivity index (χ3v) is 4.87. The number of anilines is 1.